The van der Waals surface area contributed by atoms with Crippen molar-refractivity contribution in [1.29, 1.82) is 0 Å². The number of fused-ring (bicyclic) bond motifs is 1. The summed E-state index contributed by atoms with van der Waals surface area (Å²) < 4.78 is 31.7. The molecule has 4 aliphatic heterocycles. The number of rotatable bonds is 8. The summed E-state index contributed by atoms with van der Waals surface area (Å²) >= 11 is 0. The van der Waals surface area contributed by atoms with Gasteiger partial charge in [-0.25, -0.2) is 0 Å². The molecule has 0 spiro atoms. The zero-order chi connectivity index (χ0) is 10.6. The largest absolute Gasteiger partial charge is 0.378 e. The molecule has 4 fully saturated rings. The third-order valence-corrected chi connectivity index (χ3v) is 3.12. The first-order valence-corrected chi connectivity index (χ1v) is 5.67. The highest BCUT2D eigenvalue weighted by atomic mass is 17.2. The van der Waals surface area contributed by atoms with Crippen LogP contribution >= 0.6 is 0 Å². The second-order valence-electron chi connectivity index (χ2n) is 4.56. The van der Waals surface area contributed by atoms with Crippen molar-refractivity contribution in [2.24, 2.45) is 0 Å². The summed E-state index contributed by atoms with van der Waals surface area (Å²) in [5.41, 5.74) is 0. The van der Waals surface area contributed by atoms with Gasteiger partial charge in [-0.15, -0.1) is 0 Å². The van der Waals surface area contributed by atoms with Gasteiger partial charge in [0.25, 0.3) is 5.79 Å². The first-order chi connectivity index (χ1) is 7.82. The lowest BCUT2D eigenvalue weighted by Crippen LogP contribution is -2.10. The molecule has 0 amide bonds. The Hall–Kier alpha value is -0.240. The maximum Gasteiger partial charge on any atom is 0.346 e. The molecule has 0 radical (unpaired) electrons. The molecule has 16 heavy (non-hydrogen) atoms. The molecule has 2 unspecified atom stereocenters. The molecule has 4 aliphatic rings. The first-order valence-electron chi connectivity index (χ1n) is 5.67. The lowest BCUT2D eigenvalue weighted by Gasteiger charge is -2.01. The minimum atomic E-state index is -0.752. The number of ether oxygens (including phenoxy) is 6. The van der Waals surface area contributed by atoms with E-state index in [4.69, 9.17) is 28.4 Å². The third-order valence-electron chi connectivity index (χ3n) is 3.12. The smallest absolute Gasteiger partial charge is 0.346 e. The zero-order valence-electron chi connectivity index (χ0n) is 8.85. The Labute approximate surface area is 92.7 Å². The van der Waals surface area contributed by atoms with E-state index in [1.165, 1.54) is 0 Å². The maximum atomic E-state index is 5.48. The van der Waals surface area contributed by atoms with Gasteiger partial charge in [0.05, 0.1) is 33.0 Å². The van der Waals surface area contributed by atoms with Gasteiger partial charge < -0.3 is 18.9 Å². The van der Waals surface area contributed by atoms with Gasteiger partial charge in [-0.3, -0.25) is 9.47 Å². The molecular weight excluding hydrogens is 216 g/mol. The minimum absolute atomic E-state index is 0.240. The lowest BCUT2D eigenvalue weighted by molar-refractivity contribution is -0.215. The summed E-state index contributed by atoms with van der Waals surface area (Å²) in [7, 11) is 0. The Bertz CT molecular complexity index is 292. The molecule has 0 aromatic heterocycles. The minimum Gasteiger partial charge on any atom is -0.378 e. The Kier molecular flexibility index (Phi) is 1.92. The van der Waals surface area contributed by atoms with E-state index < -0.39 is 11.8 Å². The molecule has 6 heteroatoms. The zero-order valence-corrected chi connectivity index (χ0v) is 8.85. The van der Waals surface area contributed by atoms with Gasteiger partial charge in [0.2, 0.25) is 0 Å². The molecule has 4 heterocycles. The summed E-state index contributed by atoms with van der Waals surface area (Å²) in [6, 6.07) is 0. The van der Waals surface area contributed by atoms with Crippen LogP contribution in [0.15, 0.2) is 0 Å². The van der Waals surface area contributed by atoms with E-state index in [1.807, 2.05) is 0 Å². The highest BCUT2D eigenvalue weighted by Crippen LogP contribution is 2.70. The number of hydrogen-bond acceptors (Lipinski definition) is 6. The molecule has 0 aromatic carbocycles. The molecule has 0 aliphatic carbocycles. The monoisotopic (exact) mass is 230 g/mol. The molecule has 90 valence electrons. The van der Waals surface area contributed by atoms with Gasteiger partial charge >= 0.3 is 5.97 Å². The number of epoxide rings is 4. The summed E-state index contributed by atoms with van der Waals surface area (Å²) in [4.78, 5) is 0. The van der Waals surface area contributed by atoms with Crippen molar-refractivity contribution in [2.45, 2.75) is 30.4 Å². The van der Waals surface area contributed by atoms with Gasteiger partial charge in [-0.1, -0.05) is 0 Å². The molecule has 4 saturated heterocycles. The summed E-state index contributed by atoms with van der Waals surface area (Å²) in [6.07, 6.45) is 1.26. The van der Waals surface area contributed by atoms with E-state index in [-0.39, 0.29) is 6.10 Å². The predicted molar refractivity (Wildman–Crippen MR) is 48.5 cm³/mol. The van der Waals surface area contributed by atoms with Crippen molar-refractivity contribution < 1.29 is 28.4 Å². The normalized spacial score (nSPS) is 51.0. The van der Waals surface area contributed by atoms with Crippen LogP contribution in [0, 0.1) is 0 Å². The van der Waals surface area contributed by atoms with Crippen LogP contribution in [-0.2, 0) is 28.4 Å². The van der Waals surface area contributed by atoms with Gasteiger partial charge in [0, 0.05) is 6.42 Å². The van der Waals surface area contributed by atoms with Crippen LogP contribution in [0.2, 0.25) is 0 Å². The van der Waals surface area contributed by atoms with Crippen LogP contribution in [0.4, 0.5) is 0 Å². The molecule has 0 aromatic rings. The van der Waals surface area contributed by atoms with Gasteiger partial charge in [0.1, 0.15) is 12.2 Å². The first kappa shape index (κ1) is 9.76. The Morgan fingerprint density at radius 2 is 1.75 bits per heavy atom. The second kappa shape index (κ2) is 3.16. The van der Waals surface area contributed by atoms with Crippen LogP contribution in [0.1, 0.15) is 6.42 Å². The average Bonchev–Trinajstić information content (AvgIpc) is 3.11. The van der Waals surface area contributed by atoms with Crippen LogP contribution < -0.4 is 0 Å². The topological polar surface area (TPSA) is 68.6 Å². The second-order valence-corrected chi connectivity index (χ2v) is 4.56. The van der Waals surface area contributed by atoms with Crippen molar-refractivity contribution >= 4 is 0 Å². The Balaban J connectivity index is 1.14. The molecule has 0 N–H and O–H groups in total. The average molecular weight is 230 g/mol. The SMILES string of the molecule is C(CC12OC1(OCC1CO1)O2)OCC1CO1. The van der Waals surface area contributed by atoms with Gasteiger partial charge in [-0.2, -0.15) is 0 Å². The van der Waals surface area contributed by atoms with Crippen molar-refractivity contribution in [3.8, 4) is 0 Å². The van der Waals surface area contributed by atoms with E-state index in [0.717, 1.165) is 13.2 Å². The van der Waals surface area contributed by atoms with E-state index in [1.54, 1.807) is 0 Å². The van der Waals surface area contributed by atoms with Crippen LogP contribution in [-0.4, -0.2) is 57.0 Å². The Morgan fingerprint density at radius 1 is 1.06 bits per heavy atom. The molecule has 4 rings (SSSR count). The van der Waals surface area contributed by atoms with Crippen molar-refractivity contribution in [1.82, 2.24) is 0 Å². The molecule has 6 nitrogen and oxygen atoms in total. The highest BCUT2D eigenvalue weighted by Gasteiger charge is 2.93. The predicted octanol–water partition coefficient (Wildman–Crippen LogP) is -0.382. The van der Waals surface area contributed by atoms with Crippen LogP contribution in [0.5, 0.6) is 0 Å². The van der Waals surface area contributed by atoms with Crippen LogP contribution in [0.3, 0.4) is 0 Å². The van der Waals surface area contributed by atoms with Crippen molar-refractivity contribution in [3.63, 3.8) is 0 Å². The van der Waals surface area contributed by atoms with Crippen LogP contribution in [0.25, 0.3) is 0 Å². The molecule has 0 bridgehead atoms. The highest BCUT2D eigenvalue weighted by molar-refractivity contribution is 5.11. The van der Waals surface area contributed by atoms with Crippen molar-refractivity contribution in [3.05, 3.63) is 0 Å². The fourth-order valence-corrected chi connectivity index (χ4v) is 1.77. The Morgan fingerprint density at radius 3 is 2.44 bits per heavy atom. The summed E-state index contributed by atoms with van der Waals surface area (Å²) in [5.74, 6) is -1.26. The molecule has 2 atom stereocenters. The summed E-state index contributed by atoms with van der Waals surface area (Å²) in [6.45, 7) is 3.45. The maximum absolute atomic E-state index is 5.48. The van der Waals surface area contributed by atoms with Gasteiger partial charge in [0.15, 0.2) is 0 Å². The van der Waals surface area contributed by atoms with E-state index in [2.05, 4.69) is 0 Å². The molecule has 0 saturated carbocycles. The van der Waals surface area contributed by atoms with E-state index in [0.29, 0.717) is 32.3 Å². The van der Waals surface area contributed by atoms with Gasteiger partial charge in [-0.05, 0) is 0 Å². The van der Waals surface area contributed by atoms with E-state index in [9.17, 15) is 0 Å². The lowest BCUT2D eigenvalue weighted by atomic mass is 10.3. The third kappa shape index (κ3) is 1.66. The number of hydrogen-bond donors (Lipinski definition) is 0. The quantitative estimate of drug-likeness (QED) is 0.418. The van der Waals surface area contributed by atoms with E-state index >= 15 is 0 Å². The fraction of sp³-hybridized carbons (Fsp3) is 1.00. The standard InChI is InChI=1S/C10H14O6/c1(2-11-3-7-4-12-7)9-10(15-9,16-9)14-6-8-5-13-8/h7-8H,1-6H2. The molecular formula is C10H14O6. The fourth-order valence-electron chi connectivity index (χ4n) is 1.77. The van der Waals surface area contributed by atoms with Crippen molar-refractivity contribution in [2.75, 3.05) is 33.0 Å². The summed E-state index contributed by atoms with van der Waals surface area (Å²) in [5, 5.41) is 0.